The molecule has 4 nitrogen and oxygen atoms in total. The van der Waals surface area contributed by atoms with Crippen molar-refractivity contribution >= 4 is 5.69 Å². The Bertz CT molecular complexity index is 380. The molecule has 1 aliphatic heterocycles. The average molecular weight is 190 g/mol. The fraction of sp³-hybridized carbons (Fsp3) is 0.300. The number of nitriles is 1. The van der Waals surface area contributed by atoms with Crippen LogP contribution in [0.3, 0.4) is 0 Å². The summed E-state index contributed by atoms with van der Waals surface area (Å²) in [6.07, 6.45) is 0.102. The maximum absolute atomic E-state index is 8.63. The van der Waals surface area contributed by atoms with E-state index in [4.69, 9.17) is 20.5 Å². The van der Waals surface area contributed by atoms with E-state index >= 15 is 0 Å². The van der Waals surface area contributed by atoms with E-state index < -0.39 is 0 Å². The Morgan fingerprint density at radius 1 is 1.50 bits per heavy atom. The van der Waals surface area contributed by atoms with Gasteiger partial charge in [-0.3, -0.25) is 0 Å². The topological polar surface area (TPSA) is 68.3 Å². The van der Waals surface area contributed by atoms with E-state index in [1.165, 1.54) is 0 Å². The monoisotopic (exact) mass is 190 g/mol. The number of benzene rings is 1. The minimum atomic E-state index is 0.102. The lowest BCUT2D eigenvalue weighted by atomic mass is 10.2. The molecule has 0 saturated carbocycles. The fourth-order valence-electron chi connectivity index (χ4n) is 1.19. The molecule has 0 atom stereocenters. The minimum absolute atomic E-state index is 0.102. The largest absolute Gasteiger partial charge is 0.483 e. The molecular formula is C10H10N2O2. The van der Waals surface area contributed by atoms with Crippen molar-refractivity contribution in [2.45, 2.75) is 6.10 Å². The maximum atomic E-state index is 8.63. The second-order valence-corrected chi connectivity index (χ2v) is 3.14. The van der Waals surface area contributed by atoms with Crippen molar-refractivity contribution in [2.75, 3.05) is 18.9 Å². The third-order valence-corrected chi connectivity index (χ3v) is 2.04. The minimum Gasteiger partial charge on any atom is -0.483 e. The van der Waals surface area contributed by atoms with Crippen molar-refractivity contribution in [1.82, 2.24) is 0 Å². The summed E-state index contributed by atoms with van der Waals surface area (Å²) < 4.78 is 10.5. The van der Waals surface area contributed by atoms with Gasteiger partial charge in [0, 0.05) is 0 Å². The van der Waals surface area contributed by atoms with Crippen LogP contribution in [0.15, 0.2) is 18.2 Å². The van der Waals surface area contributed by atoms with E-state index in [0.717, 1.165) is 0 Å². The van der Waals surface area contributed by atoms with Crippen molar-refractivity contribution < 1.29 is 9.47 Å². The van der Waals surface area contributed by atoms with E-state index in [9.17, 15) is 0 Å². The van der Waals surface area contributed by atoms with Crippen LogP contribution in [-0.4, -0.2) is 19.3 Å². The second kappa shape index (κ2) is 3.56. The lowest BCUT2D eigenvalue weighted by Gasteiger charge is -2.27. The number of nitrogens with two attached hydrogens (primary N) is 1. The molecule has 0 amide bonds. The average Bonchev–Trinajstić information content (AvgIpc) is 2.13. The highest BCUT2D eigenvalue weighted by Gasteiger charge is 2.20. The zero-order valence-electron chi connectivity index (χ0n) is 7.56. The Morgan fingerprint density at radius 3 is 2.79 bits per heavy atom. The Labute approximate surface area is 81.8 Å². The van der Waals surface area contributed by atoms with Gasteiger partial charge in [0.15, 0.2) is 0 Å². The quantitative estimate of drug-likeness (QED) is 0.704. The summed E-state index contributed by atoms with van der Waals surface area (Å²) in [6, 6.07) is 7.02. The molecule has 2 rings (SSSR count). The summed E-state index contributed by atoms with van der Waals surface area (Å²) in [4.78, 5) is 0. The number of hydrogen-bond donors (Lipinski definition) is 1. The highest BCUT2D eigenvalue weighted by molar-refractivity contribution is 5.56. The van der Waals surface area contributed by atoms with Crippen molar-refractivity contribution in [3.05, 3.63) is 23.8 Å². The molecule has 0 bridgehead atoms. The van der Waals surface area contributed by atoms with E-state index in [2.05, 4.69) is 0 Å². The van der Waals surface area contributed by atoms with Crippen LogP contribution in [0, 0.1) is 11.3 Å². The van der Waals surface area contributed by atoms with Crippen LogP contribution >= 0.6 is 0 Å². The van der Waals surface area contributed by atoms with Gasteiger partial charge >= 0.3 is 0 Å². The molecule has 0 spiro atoms. The van der Waals surface area contributed by atoms with Crippen molar-refractivity contribution in [1.29, 1.82) is 5.26 Å². The molecule has 0 aliphatic carbocycles. The number of nitrogen functional groups attached to an aromatic ring is 1. The van der Waals surface area contributed by atoms with Crippen molar-refractivity contribution in [3.8, 4) is 11.8 Å². The van der Waals surface area contributed by atoms with Gasteiger partial charge < -0.3 is 15.2 Å². The van der Waals surface area contributed by atoms with Gasteiger partial charge in [0.05, 0.1) is 30.5 Å². The first-order valence-electron chi connectivity index (χ1n) is 4.33. The van der Waals surface area contributed by atoms with Crippen molar-refractivity contribution in [3.63, 3.8) is 0 Å². The lowest BCUT2D eigenvalue weighted by Crippen LogP contribution is -2.38. The summed E-state index contributed by atoms with van der Waals surface area (Å²) in [5.74, 6) is 0.622. The molecule has 1 aliphatic rings. The van der Waals surface area contributed by atoms with Gasteiger partial charge in [0.2, 0.25) is 0 Å². The Balaban J connectivity index is 2.14. The lowest BCUT2D eigenvalue weighted by molar-refractivity contribution is -0.0793. The molecule has 1 aromatic rings. The maximum Gasteiger partial charge on any atom is 0.145 e. The summed E-state index contributed by atoms with van der Waals surface area (Å²) in [5.41, 5.74) is 6.74. The Hall–Kier alpha value is -1.73. The van der Waals surface area contributed by atoms with Gasteiger partial charge in [-0.2, -0.15) is 5.26 Å². The number of ether oxygens (including phenoxy) is 2. The van der Waals surface area contributed by atoms with Crippen molar-refractivity contribution in [2.24, 2.45) is 0 Å². The molecule has 1 aromatic carbocycles. The molecule has 1 heterocycles. The first-order valence-corrected chi connectivity index (χ1v) is 4.33. The molecular weight excluding hydrogens is 180 g/mol. The molecule has 72 valence electrons. The number of nitrogens with zero attached hydrogens (tertiary/aromatic N) is 1. The van der Waals surface area contributed by atoms with E-state index in [0.29, 0.717) is 30.2 Å². The van der Waals surface area contributed by atoms with E-state index in [1.807, 2.05) is 6.07 Å². The highest BCUT2D eigenvalue weighted by Crippen LogP contribution is 2.24. The first kappa shape index (κ1) is 8.85. The van der Waals surface area contributed by atoms with E-state index in [-0.39, 0.29) is 6.10 Å². The zero-order valence-corrected chi connectivity index (χ0v) is 7.56. The van der Waals surface area contributed by atoms with Crippen LogP contribution < -0.4 is 10.5 Å². The Morgan fingerprint density at radius 2 is 2.29 bits per heavy atom. The van der Waals surface area contributed by atoms with Crippen LogP contribution in [0.2, 0.25) is 0 Å². The van der Waals surface area contributed by atoms with Gasteiger partial charge in [-0.25, -0.2) is 0 Å². The van der Waals surface area contributed by atoms with Crippen LogP contribution in [0.1, 0.15) is 5.56 Å². The molecule has 0 aromatic heterocycles. The smallest absolute Gasteiger partial charge is 0.145 e. The molecule has 0 radical (unpaired) electrons. The van der Waals surface area contributed by atoms with Gasteiger partial charge in [-0.15, -0.1) is 0 Å². The number of rotatable bonds is 2. The standard InChI is InChI=1S/C10H10N2O2/c11-4-7-1-2-10(9(12)3-7)14-8-5-13-6-8/h1-3,8H,5-6,12H2. The van der Waals surface area contributed by atoms with Gasteiger partial charge in [-0.05, 0) is 18.2 Å². The molecule has 14 heavy (non-hydrogen) atoms. The van der Waals surface area contributed by atoms with Crippen LogP contribution in [0.5, 0.6) is 5.75 Å². The third kappa shape index (κ3) is 1.63. The van der Waals surface area contributed by atoms with Gasteiger partial charge in [-0.1, -0.05) is 0 Å². The van der Waals surface area contributed by atoms with Gasteiger partial charge in [0.25, 0.3) is 0 Å². The number of anilines is 1. The summed E-state index contributed by atoms with van der Waals surface area (Å²) >= 11 is 0. The normalized spacial score (nSPS) is 15.6. The predicted octanol–water partition coefficient (Wildman–Crippen LogP) is 0.918. The summed E-state index contributed by atoms with van der Waals surface area (Å²) in [5, 5.41) is 8.63. The molecule has 1 fully saturated rings. The summed E-state index contributed by atoms with van der Waals surface area (Å²) in [6.45, 7) is 1.22. The molecule has 4 heteroatoms. The van der Waals surface area contributed by atoms with Crippen LogP contribution in [0.4, 0.5) is 5.69 Å². The van der Waals surface area contributed by atoms with Crippen LogP contribution in [-0.2, 0) is 4.74 Å². The highest BCUT2D eigenvalue weighted by atomic mass is 16.6. The Kier molecular flexibility index (Phi) is 2.25. The molecule has 1 saturated heterocycles. The van der Waals surface area contributed by atoms with Gasteiger partial charge in [0.1, 0.15) is 11.9 Å². The predicted molar refractivity (Wildman–Crippen MR) is 50.8 cm³/mol. The SMILES string of the molecule is N#Cc1ccc(OC2COC2)c(N)c1. The molecule has 2 N–H and O–H groups in total. The fourth-order valence-corrected chi connectivity index (χ4v) is 1.19. The first-order chi connectivity index (χ1) is 6.79. The summed E-state index contributed by atoms with van der Waals surface area (Å²) in [7, 11) is 0. The van der Waals surface area contributed by atoms with E-state index in [1.54, 1.807) is 18.2 Å². The van der Waals surface area contributed by atoms with Crippen LogP contribution in [0.25, 0.3) is 0 Å². The number of hydrogen-bond acceptors (Lipinski definition) is 4. The second-order valence-electron chi connectivity index (χ2n) is 3.14. The zero-order chi connectivity index (χ0) is 9.97. The third-order valence-electron chi connectivity index (χ3n) is 2.04. The molecule has 0 unspecified atom stereocenters.